The number of hydrogen-bond donors (Lipinski definition) is 3. The molecule has 202 valence electrons. The standard InChI is InChI=1S/C28H32ClN3O5S/c1-4-37-20-11-9-19(10-12-20)30-25(34)22-21-13-15(2)28(38-21)23(22)27(36)32(16(3)14-33)24(28)26(35)31-18-7-5-17(29)6-8-18/h5-12,15-16,21-24,33H,4,13-14H2,1-3H3,(H,30,34)(H,31,35)/t15?,16-,21-,22+,23+,24?,28?/m1/s1. The molecule has 3 saturated heterocycles. The summed E-state index contributed by atoms with van der Waals surface area (Å²) in [4.78, 5) is 43.1. The second-order valence-corrected chi connectivity index (χ2v) is 12.3. The fourth-order valence-corrected chi connectivity index (χ4v) is 8.93. The third kappa shape index (κ3) is 4.34. The highest BCUT2D eigenvalue weighted by Gasteiger charge is 2.76. The van der Waals surface area contributed by atoms with Crippen LogP contribution in [0.3, 0.4) is 0 Å². The van der Waals surface area contributed by atoms with E-state index >= 15 is 0 Å². The number of amides is 3. The van der Waals surface area contributed by atoms with Gasteiger partial charge >= 0.3 is 0 Å². The van der Waals surface area contributed by atoms with E-state index in [9.17, 15) is 19.5 Å². The number of ether oxygens (including phenoxy) is 1. The van der Waals surface area contributed by atoms with E-state index in [1.165, 1.54) is 4.90 Å². The quantitative estimate of drug-likeness (QED) is 0.452. The number of carbonyl (C=O) groups excluding carboxylic acids is 3. The van der Waals surface area contributed by atoms with Crippen molar-refractivity contribution in [3.05, 3.63) is 53.6 Å². The van der Waals surface area contributed by atoms with Crippen LogP contribution in [0.5, 0.6) is 5.75 Å². The van der Waals surface area contributed by atoms with Gasteiger partial charge in [-0.25, -0.2) is 0 Å². The molecule has 3 aliphatic rings. The van der Waals surface area contributed by atoms with Crippen LogP contribution in [-0.2, 0) is 14.4 Å². The summed E-state index contributed by atoms with van der Waals surface area (Å²) in [5.74, 6) is -1.32. The first-order valence-electron chi connectivity index (χ1n) is 12.9. The number of fused-ring (bicyclic) bond motifs is 1. The second kappa shape index (κ2) is 10.4. The van der Waals surface area contributed by atoms with Gasteiger partial charge in [0.2, 0.25) is 17.7 Å². The Labute approximate surface area is 231 Å². The van der Waals surface area contributed by atoms with E-state index in [2.05, 4.69) is 17.6 Å². The number of nitrogens with zero attached hydrogens (tertiary/aromatic N) is 1. The molecule has 8 nitrogen and oxygen atoms in total. The number of halogens is 1. The predicted octanol–water partition coefficient (Wildman–Crippen LogP) is 4.03. The van der Waals surface area contributed by atoms with Gasteiger partial charge in [0.1, 0.15) is 11.8 Å². The van der Waals surface area contributed by atoms with Crippen molar-refractivity contribution < 1.29 is 24.2 Å². The lowest BCUT2D eigenvalue weighted by molar-refractivity contribution is -0.140. The van der Waals surface area contributed by atoms with E-state index in [-0.39, 0.29) is 35.5 Å². The average Bonchev–Trinajstić information content (AvgIpc) is 3.50. The van der Waals surface area contributed by atoms with Crippen molar-refractivity contribution in [3.63, 3.8) is 0 Å². The number of hydrogen-bond acceptors (Lipinski definition) is 6. The summed E-state index contributed by atoms with van der Waals surface area (Å²) >= 11 is 7.60. The van der Waals surface area contributed by atoms with Gasteiger partial charge in [-0.3, -0.25) is 14.4 Å². The Morgan fingerprint density at radius 3 is 2.34 bits per heavy atom. The highest BCUT2D eigenvalue weighted by Crippen LogP contribution is 2.68. The van der Waals surface area contributed by atoms with Crippen molar-refractivity contribution >= 4 is 52.5 Å². The van der Waals surface area contributed by atoms with E-state index in [0.717, 1.165) is 6.42 Å². The summed E-state index contributed by atoms with van der Waals surface area (Å²) in [6, 6.07) is 12.5. The summed E-state index contributed by atoms with van der Waals surface area (Å²) in [7, 11) is 0. The number of benzene rings is 2. The Bertz CT molecular complexity index is 1230. The molecule has 1 spiro atoms. The Morgan fingerprint density at radius 1 is 1.13 bits per heavy atom. The molecule has 3 fully saturated rings. The number of carbonyl (C=O) groups is 3. The van der Waals surface area contributed by atoms with Gasteiger partial charge in [-0.2, -0.15) is 0 Å². The zero-order valence-electron chi connectivity index (χ0n) is 21.5. The maximum atomic E-state index is 14.0. The number of rotatable bonds is 8. The molecule has 0 aliphatic carbocycles. The van der Waals surface area contributed by atoms with Crippen LogP contribution in [-0.4, -0.2) is 63.0 Å². The molecule has 2 aromatic rings. The van der Waals surface area contributed by atoms with E-state index in [4.69, 9.17) is 16.3 Å². The molecule has 0 saturated carbocycles. The van der Waals surface area contributed by atoms with Crippen molar-refractivity contribution in [2.24, 2.45) is 17.8 Å². The van der Waals surface area contributed by atoms with Crippen LogP contribution in [0, 0.1) is 17.8 Å². The Hall–Kier alpha value is -2.75. The van der Waals surface area contributed by atoms with Crippen molar-refractivity contribution in [1.29, 1.82) is 0 Å². The number of nitrogens with one attached hydrogen (secondary N) is 2. The van der Waals surface area contributed by atoms with Gasteiger partial charge in [0.05, 0.1) is 35.8 Å². The molecular weight excluding hydrogens is 526 g/mol. The normalized spacial score (nSPS) is 30.2. The minimum Gasteiger partial charge on any atom is -0.494 e. The topological polar surface area (TPSA) is 108 Å². The van der Waals surface area contributed by atoms with Gasteiger partial charge in [0.25, 0.3) is 0 Å². The molecule has 5 rings (SSSR count). The smallest absolute Gasteiger partial charge is 0.248 e. The second-order valence-electron chi connectivity index (χ2n) is 10.3. The first-order valence-corrected chi connectivity index (χ1v) is 14.2. The zero-order chi connectivity index (χ0) is 27.2. The number of aliphatic hydroxyl groups excluding tert-OH is 1. The average molecular weight is 558 g/mol. The first-order chi connectivity index (χ1) is 18.2. The maximum Gasteiger partial charge on any atom is 0.248 e. The molecular formula is C28H32ClN3O5S. The van der Waals surface area contributed by atoms with Gasteiger partial charge in [0.15, 0.2) is 0 Å². The predicted molar refractivity (Wildman–Crippen MR) is 148 cm³/mol. The molecule has 3 unspecified atom stereocenters. The fraction of sp³-hybridized carbons (Fsp3) is 0.464. The lowest BCUT2D eigenvalue weighted by Crippen LogP contribution is -2.56. The molecule has 3 heterocycles. The van der Waals surface area contributed by atoms with E-state index in [1.54, 1.807) is 67.2 Å². The summed E-state index contributed by atoms with van der Waals surface area (Å²) in [5, 5.41) is 16.4. The number of aliphatic hydroxyl groups is 1. The van der Waals surface area contributed by atoms with Gasteiger partial charge in [-0.15, -0.1) is 11.8 Å². The van der Waals surface area contributed by atoms with Crippen LogP contribution in [0.15, 0.2) is 48.5 Å². The summed E-state index contributed by atoms with van der Waals surface area (Å²) in [6.07, 6.45) is 0.724. The molecule has 3 aliphatic heterocycles. The number of thioether (sulfide) groups is 1. The Balaban J connectivity index is 1.46. The number of anilines is 2. The summed E-state index contributed by atoms with van der Waals surface area (Å²) < 4.78 is 4.71. The van der Waals surface area contributed by atoms with Crippen LogP contribution in [0.25, 0.3) is 0 Å². The van der Waals surface area contributed by atoms with Crippen LogP contribution in [0.2, 0.25) is 5.02 Å². The SMILES string of the molecule is CCOc1ccc(NC(=O)[C@@H]2[C@H]3C(=O)N([C@H](C)CO)C(C(=O)Nc4ccc(Cl)cc4)C34S[C@@H]2CC4C)cc1. The lowest BCUT2D eigenvalue weighted by atomic mass is 9.66. The third-order valence-corrected chi connectivity index (χ3v) is 10.3. The molecule has 0 aromatic heterocycles. The molecule has 0 radical (unpaired) electrons. The van der Waals surface area contributed by atoms with Gasteiger partial charge in [-0.05, 0) is 74.7 Å². The highest BCUT2D eigenvalue weighted by molar-refractivity contribution is 8.02. The van der Waals surface area contributed by atoms with Crippen molar-refractivity contribution in [1.82, 2.24) is 4.90 Å². The Kier molecular flexibility index (Phi) is 7.37. The zero-order valence-corrected chi connectivity index (χ0v) is 23.1. The molecule has 38 heavy (non-hydrogen) atoms. The van der Waals surface area contributed by atoms with Crippen molar-refractivity contribution in [3.8, 4) is 5.75 Å². The fourth-order valence-electron chi connectivity index (χ4n) is 6.39. The monoisotopic (exact) mass is 557 g/mol. The molecule has 3 amide bonds. The van der Waals surface area contributed by atoms with Crippen molar-refractivity contribution in [2.45, 2.75) is 49.3 Å². The summed E-state index contributed by atoms with van der Waals surface area (Å²) in [6.45, 7) is 5.96. The first kappa shape index (κ1) is 26.8. The molecule has 2 bridgehead atoms. The molecule has 10 heteroatoms. The minimum atomic E-state index is -0.828. The highest BCUT2D eigenvalue weighted by atomic mass is 35.5. The maximum absolute atomic E-state index is 14.0. The third-order valence-electron chi connectivity index (χ3n) is 8.02. The van der Waals surface area contributed by atoms with Crippen LogP contribution in [0.4, 0.5) is 11.4 Å². The Morgan fingerprint density at radius 2 is 1.74 bits per heavy atom. The minimum absolute atomic E-state index is 0.0258. The lowest BCUT2D eigenvalue weighted by Gasteiger charge is -2.39. The number of likely N-dealkylation sites (tertiary alicyclic amines) is 1. The van der Waals surface area contributed by atoms with Crippen LogP contribution < -0.4 is 15.4 Å². The molecule has 3 N–H and O–H groups in total. The molecule has 2 aromatic carbocycles. The van der Waals surface area contributed by atoms with Gasteiger partial charge in [0, 0.05) is 21.6 Å². The van der Waals surface area contributed by atoms with E-state index < -0.39 is 28.7 Å². The largest absolute Gasteiger partial charge is 0.494 e. The van der Waals surface area contributed by atoms with Crippen molar-refractivity contribution in [2.75, 3.05) is 23.8 Å². The van der Waals surface area contributed by atoms with Crippen LogP contribution >= 0.6 is 23.4 Å². The van der Waals surface area contributed by atoms with Gasteiger partial charge in [-0.1, -0.05) is 18.5 Å². The van der Waals surface area contributed by atoms with E-state index in [1.807, 2.05) is 6.92 Å². The molecule has 7 atom stereocenters. The van der Waals surface area contributed by atoms with Gasteiger partial charge < -0.3 is 25.4 Å². The van der Waals surface area contributed by atoms with Crippen LogP contribution in [0.1, 0.15) is 27.2 Å². The summed E-state index contributed by atoms with van der Waals surface area (Å²) in [5.41, 5.74) is 1.19. The van der Waals surface area contributed by atoms with E-state index in [0.29, 0.717) is 28.8 Å².